The Morgan fingerprint density at radius 1 is 0.822 bits per heavy atom. The summed E-state index contributed by atoms with van der Waals surface area (Å²) in [6.07, 6.45) is 2.38. The van der Waals surface area contributed by atoms with Gasteiger partial charge in [-0.25, -0.2) is 14.7 Å². The van der Waals surface area contributed by atoms with Crippen LogP contribution in [0.5, 0.6) is 5.75 Å². The van der Waals surface area contributed by atoms with Crippen LogP contribution in [0.2, 0.25) is 0 Å². The maximum absolute atomic E-state index is 16.6. The number of benzene rings is 6. The zero-order valence-corrected chi connectivity index (χ0v) is 39.9. The lowest BCUT2D eigenvalue weighted by atomic mass is 9.65. The van der Waals surface area contributed by atoms with Gasteiger partial charge in [0.05, 0.1) is 38.8 Å². The number of anilines is 2. The minimum Gasteiger partial charge on any atom is -0.508 e. The van der Waals surface area contributed by atoms with Crippen LogP contribution in [0.15, 0.2) is 152 Å². The summed E-state index contributed by atoms with van der Waals surface area (Å²) in [5, 5.41) is 37.2. The molecule has 2 saturated heterocycles. The quantitative estimate of drug-likeness (QED) is 0.0428. The van der Waals surface area contributed by atoms with E-state index in [9.17, 15) is 25.1 Å². The highest BCUT2D eigenvalue weighted by molar-refractivity contribution is 7.22. The van der Waals surface area contributed by atoms with Crippen LogP contribution in [0.25, 0.3) is 10.2 Å². The van der Waals surface area contributed by atoms with Crippen molar-refractivity contribution >= 4 is 61.9 Å². The number of amides is 3. The lowest BCUT2D eigenvalue weighted by Crippen LogP contribution is -2.54. The molecule has 0 bridgehead atoms. The minimum atomic E-state index is -2.18. The van der Waals surface area contributed by atoms with Crippen molar-refractivity contribution in [1.82, 2.24) is 9.88 Å². The van der Waals surface area contributed by atoms with Crippen LogP contribution in [0.3, 0.4) is 0 Å². The number of carbonyl (C=O) groups is 4. The number of aliphatic hydroxyl groups is 1. The number of morpholine rings is 1. The zero-order valence-electron chi connectivity index (χ0n) is 39.1. The number of cyclic esters (lactones) is 1. The summed E-state index contributed by atoms with van der Waals surface area (Å²) >= 11 is 1.21. The second kappa shape index (κ2) is 19.1. The molecule has 7 aromatic rings. The Kier molecular flexibility index (Phi) is 12.3. The highest BCUT2D eigenvalue weighted by Gasteiger charge is 2.76. The van der Waals surface area contributed by atoms with Crippen molar-refractivity contribution in [3.05, 3.63) is 195 Å². The van der Waals surface area contributed by atoms with Crippen molar-refractivity contribution in [3.8, 4) is 17.6 Å². The molecule has 1 spiro atoms. The summed E-state index contributed by atoms with van der Waals surface area (Å²) in [6.45, 7) is -0.385. The van der Waals surface area contributed by atoms with Crippen LogP contribution in [-0.2, 0) is 35.9 Å². The summed E-state index contributed by atoms with van der Waals surface area (Å²) in [4.78, 5) is 81.4. The van der Waals surface area contributed by atoms with E-state index in [0.717, 1.165) is 35.3 Å². The van der Waals surface area contributed by atoms with Crippen LogP contribution in [0.4, 0.5) is 21.3 Å². The van der Waals surface area contributed by atoms with Crippen molar-refractivity contribution in [2.45, 2.75) is 80.4 Å². The maximum atomic E-state index is 16.6. The summed E-state index contributed by atoms with van der Waals surface area (Å²) in [5.41, 5.74) is -0.247. The number of non-ortho nitro benzene ring substituents is 1. The molecule has 1 aliphatic carbocycles. The van der Waals surface area contributed by atoms with E-state index in [1.807, 2.05) is 83.8 Å². The maximum Gasteiger partial charge on any atom is 0.421 e. The number of aromatic nitrogens is 1. The Hall–Kier alpha value is -8.23. The van der Waals surface area contributed by atoms with Crippen LogP contribution in [0.1, 0.15) is 90.1 Å². The summed E-state index contributed by atoms with van der Waals surface area (Å²) in [7, 11) is 0. The van der Waals surface area contributed by atoms with Gasteiger partial charge >= 0.3 is 12.1 Å². The number of imide groups is 1. The molecule has 11 rings (SSSR count). The molecule has 3 fully saturated rings. The number of fused-ring (bicyclic) bond motifs is 4. The van der Waals surface area contributed by atoms with Crippen molar-refractivity contribution in [1.29, 1.82) is 0 Å². The van der Waals surface area contributed by atoms with Gasteiger partial charge in [0.25, 0.3) is 5.69 Å². The number of aromatic hydroxyl groups is 1. The van der Waals surface area contributed by atoms with E-state index >= 15 is 14.4 Å². The Morgan fingerprint density at radius 2 is 1.49 bits per heavy atom. The average molecular weight is 994 g/mol. The molecule has 1 saturated carbocycles. The van der Waals surface area contributed by atoms with Crippen molar-refractivity contribution in [2.24, 2.45) is 5.92 Å². The first-order valence-electron chi connectivity index (χ1n) is 24.1. The van der Waals surface area contributed by atoms with Gasteiger partial charge in [-0.05, 0) is 108 Å². The third-order valence-electron chi connectivity index (χ3n) is 14.5. The topological polar surface area (TPSA) is 202 Å². The van der Waals surface area contributed by atoms with Crippen molar-refractivity contribution in [3.63, 3.8) is 0 Å². The first-order valence-corrected chi connectivity index (χ1v) is 24.9. The largest absolute Gasteiger partial charge is 0.508 e. The van der Waals surface area contributed by atoms with E-state index < -0.39 is 70.0 Å². The molecule has 6 aromatic carbocycles. The molecule has 4 aliphatic rings. The first-order chi connectivity index (χ1) is 35.4. The van der Waals surface area contributed by atoms with E-state index in [-0.39, 0.29) is 34.4 Å². The predicted octanol–water partition coefficient (Wildman–Crippen LogP) is 9.99. The smallest absolute Gasteiger partial charge is 0.421 e. The van der Waals surface area contributed by atoms with Gasteiger partial charge < -0.3 is 25.0 Å². The Labute approximate surface area is 423 Å². The molecule has 73 heavy (non-hydrogen) atoms. The average Bonchev–Trinajstić information content (AvgIpc) is 4.01. The summed E-state index contributed by atoms with van der Waals surface area (Å²) in [5.74, 6) is 2.12. The highest BCUT2D eigenvalue weighted by atomic mass is 32.1. The summed E-state index contributed by atoms with van der Waals surface area (Å²) in [6, 6.07) is 38.8. The van der Waals surface area contributed by atoms with E-state index in [0.29, 0.717) is 46.2 Å². The number of phenols is 1. The highest BCUT2D eigenvalue weighted by Crippen LogP contribution is 2.66. The lowest BCUT2D eigenvalue weighted by Gasteiger charge is -2.46. The molecule has 0 unspecified atom stereocenters. The third-order valence-corrected chi connectivity index (χ3v) is 15.5. The molecule has 15 nitrogen and oxygen atoms in total. The van der Waals surface area contributed by atoms with Crippen LogP contribution >= 0.6 is 11.3 Å². The molecule has 6 atom stereocenters. The molecule has 366 valence electrons. The number of esters is 1. The molecular weight excluding hydrogens is 947 g/mol. The number of phenolic OH excluding ortho intramolecular Hbond substituents is 1. The van der Waals surface area contributed by atoms with Gasteiger partial charge in [0, 0.05) is 17.7 Å². The molecule has 3 amide bonds. The number of nitro groups is 1. The van der Waals surface area contributed by atoms with Gasteiger partial charge in [0.2, 0.25) is 11.8 Å². The Bertz CT molecular complexity index is 3320. The van der Waals surface area contributed by atoms with E-state index in [2.05, 4.69) is 17.2 Å². The number of hydrogen-bond donors (Lipinski definition) is 3. The first kappa shape index (κ1) is 47.1. The van der Waals surface area contributed by atoms with Gasteiger partial charge in [-0.2, -0.15) is 0 Å². The molecule has 16 heteroatoms. The predicted molar refractivity (Wildman–Crippen MR) is 271 cm³/mol. The molecule has 0 radical (unpaired) electrons. The van der Waals surface area contributed by atoms with Gasteiger partial charge in [-0.3, -0.25) is 29.4 Å². The third kappa shape index (κ3) is 8.44. The van der Waals surface area contributed by atoms with Crippen LogP contribution < -0.4 is 10.2 Å². The van der Waals surface area contributed by atoms with Gasteiger partial charge in [-0.15, -0.1) is 0 Å². The number of rotatable bonds is 8. The lowest BCUT2D eigenvalue weighted by molar-refractivity contribution is -0.384. The number of nitrogens with one attached hydrogen (secondary N) is 1. The Balaban J connectivity index is 1.16. The van der Waals surface area contributed by atoms with Crippen LogP contribution in [0, 0.1) is 27.9 Å². The number of carbonyl (C=O) groups excluding carboxylic acids is 4. The molecule has 3 N–H and O–H groups in total. The molecule has 4 heterocycles. The number of para-hydroxylation sites is 1. The fourth-order valence-corrected chi connectivity index (χ4v) is 12.1. The van der Waals surface area contributed by atoms with E-state index in [4.69, 9.17) is 14.5 Å². The number of nitro benzene ring substituents is 1. The minimum absolute atomic E-state index is 0.0584. The van der Waals surface area contributed by atoms with Crippen molar-refractivity contribution < 1.29 is 43.8 Å². The van der Waals surface area contributed by atoms with Gasteiger partial charge in [0.15, 0.2) is 5.13 Å². The van der Waals surface area contributed by atoms with E-state index in [1.54, 1.807) is 36.4 Å². The fourth-order valence-electron chi connectivity index (χ4n) is 11.3. The monoisotopic (exact) mass is 993 g/mol. The summed E-state index contributed by atoms with van der Waals surface area (Å²) < 4.78 is 13.2. The molecular formula is C57H47N5O10S. The second-order valence-corrected chi connectivity index (χ2v) is 19.9. The zero-order chi connectivity index (χ0) is 50.4. The van der Waals surface area contributed by atoms with Crippen LogP contribution in [-0.4, -0.2) is 60.5 Å². The van der Waals surface area contributed by atoms with Crippen molar-refractivity contribution in [2.75, 3.05) is 10.2 Å². The normalized spacial score (nSPS) is 23.1. The number of hydrogen-bond acceptors (Lipinski definition) is 13. The number of nitrogens with zero attached hydrogens (tertiary/aromatic N) is 4. The van der Waals surface area contributed by atoms with Gasteiger partial charge in [-0.1, -0.05) is 121 Å². The second-order valence-electron chi connectivity index (χ2n) is 18.9. The molecule has 3 aliphatic heterocycles. The standard InChI is InChI=1S/C57H47N5O10S/c63-41-26-22-39(23-27-41)50-57(42-33-35(29-32-56(68)30-11-1-2-12-31-56)21-28-44(42)60(53(57)66)55(67)71-34-36-19-24-40(25-20-36)62(69)70)46(51(64)59-54-58-43-17-9-10-18-45(43)73-54)48-52(65)72-49(38-15-7-4-8-16-38)47(61(48)50)37-13-5-3-6-14-37/h3-10,13-28,33,46-50,63,68H,1-2,11-12,30-31,34H2,(H,58,59,64)/t46-,47-,48-,49+,50+,57-/m0/s1. The number of thiazole rings is 1. The Morgan fingerprint density at radius 3 is 2.18 bits per heavy atom. The van der Waals surface area contributed by atoms with E-state index in [1.165, 1.54) is 47.7 Å². The van der Waals surface area contributed by atoms with Gasteiger partial charge in [0.1, 0.15) is 35.5 Å². The number of ether oxygens (including phenoxy) is 2. The SMILES string of the molecule is O=C1O[C@H](c2ccccc2)[C@H](c2ccccc2)N2[C@H]1[C@@H](C(=O)Nc1nc3ccccc3s1)[C@]1(C(=O)N(C(=O)OCc3ccc([N+](=O)[O-])cc3)c3ccc(C#CC4(O)CCCCCC4)cc31)[C@H]2c1ccc(O)cc1. The molecule has 1 aromatic heterocycles. The fraction of sp³-hybridized carbons (Fsp3) is 0.246.